The molecule has 1 aromatic heterocycles. The van der Waals surface area contributed by atoms with Gasteiger partial charge in [0.15, 0.2) is 0 Å². The molecule has 3 nitrogen and oxygen atoms in total. The molecule has 0 aliphatic heterocycles. The lowest BCUT2D eigenvalue weighted by Crippen LogP contribution is -2.30. The molecule has 3 heteroatoms. The lowest BCUT2D eigenvalue weighted by Gasteiger charge is -2.28. The molecule has 0 saturated heterocycles. The van der Waals surface area contributed by atoms with Crippen molar-refractivity contribution in [2.24, 2.45) is 5.41 Å². The van der Waals surface area contributed by atoms with E-state index in [2.05, 4.69) is 38.0 Å². The van der Waals surface area contributed by atoms with Crippen LogP contribution in [0.5, 0.6) is 0 Å². The van der Waals surface area contributed by atoms with E-state index < -0.39 is 0 Å². The summed E-state index contributed by atoms with van der Waals surface area (Å²) in [5, 5.41) is 3.38. The Morgan fingerprint density at radius 1 is 1.36 bits per heavy atom. The number of nitrogens with one attached hydrogen (secondary N) is 1. The molecule has 0 aliphatic rings. The summed E-state index contributed by atoms with van der Waals surface area (Å²) in [6.45, 7) is 8.75. The second-order valence-electron chi connectivity index (χ2n) is 4.74. The van der Waals surface area contributed by atoms with Gasteiger partial charge in [-0.05, 0) is 18.4 Å². The van der Waals surface area contributed by atoms with Gasteiger partial charge in [-0.2, -0.15) is 0 Å². The molecule has 0 amide bonds. The molecule has 0 aromatic carbocycles. The number of nitrogens with two attached hydrogens (primary N) is 1. The number of rotatable bonds is 2. The molecule has 1 atom stereocenters. The van der Waals surface area contributed by atoms with E-state index in [1.807, 2.05) is 6.07 Å². The molecule has 0 saturated carbocycles. The fraction of sp³-hybridized carbons (Fsp3) is 0.545. The van der Waals surface area contributed by atoms with Gasteiger partial charge in [0.2, 0.25) is 0 Å². The van der Waals surface area contributed by atoms with E-state index in [9.17, 15) is 0 Å². The molecule has 0 aliphatic carbocycles. The van der Waals surface area contributed by atoms with Crippen LogP contribution in [0.3, 0.4) is 0 Å². The maximum Gasteiger partial charge on any atom is 0.0549 e. The van der Waals surface area contributed by atoms with Crippen molar-refractivity contribution in [3.63, 3.8) is 0 Å². The van der Waals surface area contributed by atoms with Crippen LogP contribution in [0.4, 0.5) is 11.4 Å². The highest BCUT2D eigenvalue weighted by molar-refractivity contribution is 5.51. The van der Waals surface area contributed by atoms with Crippen molar-refractivity contribution >= 4 is 11.4 Å². The van der Waals surface area contributed by atoms with Crippen LogP contribution in [0.1, 0.15) is 27.7 Å². The average molecular weight is 193 g/mol. The van der Waals surface area contributed by atoms with Gasteiger partial charge in [0.05, 0.1) is 17.6 Å². The van der Waals surface area contributed by atoms with E-state index in [1.54, 1.807) is 12.4 Å². The SMILES string of the molecule is CC(Nc1cncc(N)c1)C(C)(C)C. The number of pyridine rings is 1. The van der Waals surface area contributed by atoms with Crippen LogP contribution >= 0.6 is 0 Å². The van der Waals surface area contributed by atoms with Crippen molar-refractivity contribution in [2.45, 2.75) is 33.7 Å². The first kappa shape index (κ1) is 10.8. The minimum absolute atomic E-state index is 0.227. The summed E-state index contributed by atoms with van der Waals surface area (Å²) in [5.74, 6) is 0. The van der Waals surface area contributed by atoms with Gasteiger partial charge in [0.25, 0.3) is 0 Å². The van der Waals surface area contributed by atoms with Crippen molar-refractivity contribution < 1.29 is 0 Å². The third-order valence-electron chi connectivity index (χ3n) is 2.44. The van der Waals surface area contributed by atoms with E-state index in [0.717, 1.165) is 5.69 Å². The number of anilines is 2. The first-order valence-corrected chi connectivity index (χ1v) is 4.86. The maximum atomic E-state index is 5.64. The number of hydrogen-bond donors (Lipinski definition) is 2. The molecule has 0 spiro atoms. The van der Waals surface area contributed by atoms with Gasteiger partial charge in [-0.1, -0.05) is 20.8 Å². The molecular formula is C11H19N3. The summed E-state index contributed by atoms with van der Waals surface area (Å²) in [4.78, 5) is 4.03. The van der Waals surface area contributed by atoms with Crippen LogP contribution in [-0.4, -0.2) is 11.0 Å². The quantitative estimate of drug-likeness (QED) is 0.758. The second-order valence-corrected chi connectivity index (χ2v) is 4.74. The lowest BCUT2D eigenvalue weighted by molar-refractivity contribution is 0.359. The van der Waals surface area contributed by atoms with Crippen LogP contribution in [0.2, 0.25) is 0 Å². The molecule has 3 N–H and O–H groups in total. The second kappa shape index (κ2) is 3.86. The van der Waals surface area contributed by atoms with Crippen LogP contribution in [0.15, 0.2) is 18.5 Å². The molecule has 1 unspecified atom stereocenters. The van der Waals surface area contributed by atoms with Crippen molar-refractivity contribution in [1.82, 2.24) is 4.98 Å². The molecule has 1 rings (SSSR count). The normalized spacial score (nSPS) is 13.7. The number of nitrogen functional groups attached to an aromatic ring is 1. The van der Waals surface area contributed by atoms with Gasteiger partial charge in [0.1, 0.15) is 0 Å². The third kappa shape index (κ3) is 2.91. The summed E-state index contributed by atoms with van der Waals surface area (Å²) in [6, 6.07) is 2.28. The zero-order chi connectivity index (χ0) is 10.8. The highest BCUT2D eigenvalue weighted by Crippen LogP contribution is 2.22. The molecule has 0 bridgehead atoms. The molecule has 0 fully saturated rings. The van der Waals surface area contributed by atoms with Gasteiger partial charge in [-0.3, -0.25) is 4.98 Å². The van der Waals surface area contributed by atoms with Gasteiger partial charge in [-0.15, -0.1) is 0 Å². The van der Waals surface area contributed by atoms with Gasteiger partial charge >= 0.3 is 0 Å². The smallest absolute Gasteiger partial charge is 0.0549 e. The van der Waals surface area contributed by atoms with E-state index >= 15 is 0 Å². The molecule has 14 heavy (non-hydrogen) atoms. The Bertz CT molecular complexity index is 302. The van der Waals surface area contributed by atoms with Crippen molar-refractivity contribution in [3.8, 4) is 0 Å². The molecule has 1 aromatic rings. The summed E-state index contributed by atoms with van der Waals surface area (Å²) in [5.41, 5.74) is 7.54. The molecular weight excluding hydrogens is 174 g/mol. The first-order chi connectivity index (χ1) is 6.39. The predicted molar refractivity (Wildman–Crippen MR) is 61.2 cm³/mol. The van der Waals surface area contributed by atoms with E-state index in [1.165, 1.54) is 0 Å². The Morgan fingerprint density at radius 2 is 2.00 bits per heavy atom. The number of hydrogen-bond acceptors (Lipinski definition) is 3. The topological polar surface area (TPSA) is 50.9 Å². The van der Waals surface area contributed by atoms with Crippen LogP contribution in [0, 0.1) is 5.41 Å². The van der Waals surface area contributed by atoms with Gasteiger partial charge < -0.3 is 11.1 Å². The summed E-state index contributed by atoms with van der Waals surface area (Å²) < 4.78 is 0. The Balaban J connectivity index is 2.70. The fourth-order valence-electron chi connectivity index (χ4n) is 1.00. The van der Waals surface area contributed by atoms with Crippen LogP contribution in [-0.2, 0) is 0 Å². The van der Waals surface area contributed by atoms with E-state index in [-0.39, 0.29) is 5.41 Å². The highest BCUT2D eigenvalue weighted by Gasteiger charge is 2.19. The zero-order valence-electron chi connectivity index (χ0n) is 9.33. The minimum atomic E-state index is 0.227. The third-order valence-corrected chi connectivity index (χ3v) is 2.44. The Labute approximate surface area is 85.7 Å². The van der Waals surface area contributed by atoms with Crippen molar-refractivity contribution in [3.05, 3.63) is 18.5 Å². The van der Waals surface area contributed by atoms with Gasteiger partial charge in [0, 0.05) is 12.2 Å². The average Bonchev–Trinajstić information content (AvgIpc) is 2.02. The number of nitrogens with zero attached hydrogens (tertiary/aromatic N) is 1. The largest absolute Gasteiger partial charge is 0.397 e. The standard InChI is InChI=1S/C11H19N3/c1-8(11(2,3)4)14-10-5-9(12)6-13-7-10/h5-8,14H,12H2,1-4H3. The van der Waals surface area contributed by atoms with Crippen molar-refractivity contribution in [1.29, 1.82) is 0 Å². The fourth-order valence-corrected chi connectivity index (χ4v) is 1.00. The number of aromatic nitrogens is 1. The Morgan fingerprint density at radius 3 is 2.50 bits per heavy atom. The summed E-state index contributed by atoms with van der Waals surface area (Å²) in [6.07, 6.45) is 3.44. The monoisotopic (exact) mass is 193 g/mol. The lowest BCUT2D eigenvalue weighted by atomic mass is 9.88. The van der Waals surface area contributed by atoms with Crippen LogP contribution in [0.25, 0.3) is 0 Å². The van der Waals surface area contributed by atoms with Crippen LogP contribution < -0.4 is 11.1 Å². The zero-order valence-corrected chi connectivity index (χ0v) is 9.33. The minimum Gasteiger partial charge on any atom is -0.397 e. The first-order valence-electron chi connectivity index (χ1n) is 4.86. The van der Waals surface area contributed by atoms with E-state index in [0.29, 0.717) is 11.7 Å². The van der Waals surface area contributed by atoms with Gasteiger partial charge in [-0.25, -0.2) is 0 Å². The van der Waals surface area contributed by atoms with Crippen molar-refractivity contribution in [2.75, 3.05) is 11.1 Å². The highest BCUT2D eigenvalue weighted by atomic mass is 14.9. The molecule has 0 radical (unpaired) electrons. The Hall–Kier alpha value is -1.25. The summed E-state index contributed by atoms with van der Waals surface area (Å²) in [7, 11) is 0. The molecule has 78 valence electrons. The van der Waals surface area contributed by atoms with E-state index in [4.69, 9.17) is 5.73 Å². The molecule has 1 heterocycles. The Kier molecular flexibility index (Phi) is 2.99. The predicted octanol–water partition coefficient (Wildman–Crippen LogP) is 2.51. The summed E-state index contributed by atoms with van der Waals surface area (Å²) >= 11 is 0. The maximum absolute atomic E-state index is 5.64.